The summed E-state index contributed by atoms with van der Waals surface area (Å²) in [6, 6.07) is 8.09. The second kappa shape index (κ2) is 7.06. The number of hydrogen-bond donors (Lipinski definition) is 2. The van der Waals surface area contributed by atoms with Gasteiger partial charge in [-0.2, -0.15) is 0 Å². The highest BCUT2D eigenvalue weighted by atomic mass is 16.2. The average Bonchev–Trinajstić information content (AvgIpc) is 2.96. The van der Waals surface area contributed by atoms with Crippen LogP contribution in [0.4, 0.5) is 0 Å². The van der Waals surface area contributed by atoms with Crippen molar-refractivity contribution in [2.75, 3.05) is 6.54 Å². The van der Waals surface area contributed by atoms with Crippen LogP contribution in [0, 0.1) is 0 Å². The van der Waals surface area contributed by atoms with Crippen molar-refractivity contribution in [3.05, 3.63) is 35.9 Å². The van der Waals surface area contributed by atoms with Crippen LogP contribution in [0.1, 0.15) is 25.3 Å². The Balaban J connectivity index is 1.91. The average molecular weight is 303 g/mol. The van der Waals surface area contributed by atoms with Crippen LogP contribution in [-0.4, -0.2) is 41.2 Å². The molecule has 0 radical (unpaired) electrons. The molecule has 3 amide bonds. The zero-order chi connectivity index (χ0) is 16.1. The van der Waals surface area contributed by atoms with Crippen molar-refractivity contribution in [2.45, 2.75) is 38.3 Å². The van der Waals surface area contributed by atoms with Crippen molar-refractivity contribution >= 4 is 17.7 Å². The first-order valence-electron chi connectivity index (χ1n) is 7.42. The van der Waals surface area contributed by atoms with Crippen LogP contribution >= 0.6 is 0 Å². The minimum Gasteiger partial charge on any atom is -0.368 e. The van der Waals surface area contributed by atoms with E-state index in [2.05, 4.69) is 5.32 Å². The van der Waals surface area contributed by atoms with E-state index in [0.29, 0.717) is 13.0 Å². The van der Waals surface area contributed by atoms with Gasteiger partial charge < -0.3 is 16.0 Å². The molecule has 0 aliphatic carbocycles. The van der Waals surface area contributed by atoms with Crippen molar-refractivity contribution in [2.24, 2.45) is 5.73 Å². The van der Waals surface area contributed by atoms with Crippen molar-refractivity contribution in [3.63, 3.8) is 0 Å². The van der Waals surface area contributed by atoms with Crippen LogP contribution in [0.15, 0.2) is 30.3 Å². The molecule has 22 heavy (non-hydrogen) atoms. The van der Waals surface area contributed by atoms with E-state index in [4.69, 9.17) is 5.73 Å². The second-order valence-electron chi connectivity index (χ2n) is 5.54. The Bertz CT molecular complexity index is 559. The van der Waals surface area contributed by atoms with E-state index in [9.17, 15) is 14.4 Å². The summed E-state index contributed by atoms with van der Waals surface area (Å²) in [5, 5.41) is 2.68. The minimum atomic E-state index is -0.670. The minimum absolute atomic E-state index is 0.220. The normalized spacial score (nSPS) is 18.8. The zero-order valence-corrected chi connectivity index (χ0v) is 12.6. The lowest BCUT2D eigenvalue weighted by atomic mass is 10.1. The standard InChI is InChI=1S/C16H21N3O3/c1-11(16(22)19-9-5-8-13(19)15(17)21)18-14(20)10-12-6-3-2-4-7-12/h2-4,6-7,11,13H,5,8-10H2,1H3,(H2,17,21)(H,18,20)/t11?,13-/m0/s1. The number of amides is 3. The van der Waals surface area contributed by atoms with Crippen molar-refractivity contribution in [1.82, 2.24) is 10.2 Å². The molecular weight excluding hydrogens is 282 g/mol. The molecule has 1 saturated heterocycles. The maximum Gasteiger partial charge on any atom is 0.245 e. The zero-order valence-electron chi connectivity index (χ0n) is 12.6. The lowest BCUT2D eigenvalue weighted by Gasteiger charge is -2.25. The number of hydrogen-bond acceptors (Lipinski definition) is 3. The number of nitrogens with one attached hydrogen (secondary N) is 1. The van der Waals surface area contributed by atoms with Crippen molar-refractivity contribution < 1.29 is 14.4 Å². The maximum atomic E-state index is 12.4. The van der Waals surface area contributed by atoms with Crippen LogP contribution in [0.2, 0.25) is 0 Å². The van der Waals surface area contributed by atoms with Crippen LogP contribution in [0.5, 0.6) is 0 Å². The Morgan fingerprint density at radius 2 is 2.00 bits per heavy atom. The fraction of sp³-hybridized carbons (Fsp3) is 0.438. The number of benzene rings is 1. The Hall–Kier alpha value is -2.37. The molecule has 1 aliphatic heterocycles. The van der Waals surface area contributed by atoms with Gasteiger partial charge in [0.15, 0.2) is 0 Å². The van der Waals surface area contributed by atoms with E-state index < -0.39 is 18.0 Å². The quantitative estimate of drug-likeness (QED) is 0.814. The molecule has 0 aromatic heterocycles. The van der Waals surface area contributed by atoms with Crippen molar-refractivity contribution in [3.8, 4) is 0 Å². The number of rotatable bonds is 5. The fourth-order valence-electron chi connectivity index (χ4n) is 2.71. The smallest absolute Gasteiger partial charge is 0.245 e. The summed E-state index contributed by atoms with van der Waals surface area (Å²) >= 11 is 0. The van der Waals surface area contributed by atoms with Gasteiger partial charge in [-0.15, -0.1) is 0 Å². The molecule has 1 aliphatic rings. The van der Waals surface area contributed by atoms with Gasteiger partial charge in [0.05, 0.1) is 6.42 Å². The summed E-state index contributed by atoms with van der Waals surface area (Å²) in [6.07, 6.45) is 1.56. The molecule has 118 valence electrons. The van der Waals surface area contributed by atoms with E-state index in [0.717, 1.165) is 12.0 Å². The number of primary amides is 1. The second-order valence-corrected chi connectivity index (χ2v) is 5.54. The molecule has 1 aromatic carbocycles. The Morgan fingerprint density at radius 1 is 1.32 bits per heavy atom. The summed E-state index contributed by atoms with van der Waals surface area (Å²) in [7, 11) is 0. The number of nitrogens with zero attached hydrogens (tertiary/aromatic N) is 1. The molecule has 2 rings (SSSR count). The molecule has 0 spiro atoms. The Morgan fingerprint density at radius 3 is 2.64 bits per heavy atom. The monoisotopic (exact) mass is 303 g/mol. The van der Waals surface area contributed by atoms with Gasteiger partial charge in [-0.1, -0.05) is 30.3 Å². The topological polar surface area (TPSA) is 92.5 Å². The van der Waals surface area contributed by atoms with Gasteiger partial charge in [-0.3, -0.25) is 14.4 Å². The number of nitrogens with two attached hydrogens (primary N) is 1. The third kappa shape index (κ3) is 3.84. The van der Waals surface area contributed by atoms with Gasteiger partial charge in [0.25, 0.3) is 0 Å². The molecule has 3 N–H and O–H groups in total. The maximum absolute atomic E-state index is 12.4. The summed E-state index contributed by atoms with van der Waals surface area (Å²) in [4.78, 5) is 37.1. The van der Waals surface area contributed by atoms with E-state index in [1.54, 1.807) is 6.92 Å². The van der Waals surface area contributed by atoms with E-state index in [1.807, 2.05) is 30.3 Å². The van der Waals surface area contributed by atoms with Gasteiger partial charge in [-0.25, -0.2) is 0 Å². The largest absolute Gasteiger partial charge is 0.368 e. The fourth-order valence-corrected chi connectivity index (χ4v) is 2.71. The molecule has 1 fully saturated rings. The van der Waals surface area contributed by atoms with Crippen LogP contribution in [0.3, 0.4) is 0 Å². The van der Waals surface area contributed by atoms with Crippen LogP contribution in [0.25, 0.3) is 0 Å². The predicted octanol–water partition coefficient (Wildman–Crippen LogP) is 0.210. The first kappa shape index (κ1) is 16.0. The number of likely N-dealkylation sites (tertiary alicyclic amines) is 1. The van der Waals surface area contributed by atoms with Crippen LogP contribution < -0.4 is 11.1 Å². The molecule has 0 bridgehead atoms. The SMILES string of the molecule is CC(NC(=O)Cc1ccccc1)C(=O)N1CCC[C@H]1C(N)=O. The molecule has 1 unspecified atom stereocenters. The number of carbonyl (C=O) groups is 3. The Kier molecular flexibility index (Phi) is 5.14. The first-order valence-corrected chi connectivity index (χ1v) is 7.42. The van der Waals surface area contributed by atoms with Crippen LogP contribution in [-0.2, 0) is 20.8 Å². The van der Waals surface area contributed by atoms with Gasteiger partial charge >= 0.3 is 0 Å². The highest BCUT2D eigenvalue weighted by Gasteiger charge is 2.34. The highest BCUT2D eigenvalue weighted by molar-refractivity contribution is 5.92. The van der Waals surface area contributed by atoms with Gasteiger partial charge in [0.1, 0.15) is 12.1 Å². The molecule has 0 saturated carbocycles. The van der Waals surface area contributed by atoms with Crippen molar-refractivity contribution in [1.29, 1.82) is 0 Å². The van der Waals surface area contributed by atoms with Gasteiger partial charge in [0, 0.05) is 6.54 Å². The summed E-state index contributed by atoms with van der Waals surface area (Å²) in [5.41, 5.74) is 6.19. The Labute approximate surface area is 129 Å². The summed E-state index contributed by atoms with van der Waals surface area (Å²) in [6.45, 7) is 2.13. The lowest BCUT2D eigenvalue weighted by Crippen LogP contribution is -2.51. The molecule has 1 aromatic rings. The third-order valence-corrected chi connectivity index (χ3v) is 3.82. The molecular formula is C16H21N3O3. The summed E-state index contributed by atoms with van der Waals surface area (Å²) < 4.78 is 0. The van der Waals surface area contributed by atoms with E-state index in [1.165, 1.54) is 4.90 Å². The molecule has 6 heteroatoms. The predicted molar refractivity (Wildman–Crippen MR) is 81.7 cm³/mol. The molecule has 2 atom stereocenters. The molecule has 1 heterocycles. The highest BCUT2D eigenvalue weighted by Crippen LogP contribution is 2.17. The van der Waals surface area contributed by atoms with Gasteiger partial charge in [-0.05, 0) is 25.3 Å². The van der Waals surface area contributed by atoms with Gasteiger partial charge in [0.2, 0.25) is 17.7 Å². The van der Waals surface area contributed by atoms with E-state index in [-0.39, 0.29) is 18.2 Å². The molecule has 6 nitrogen and oxygen atoms in total. The first-order chi connectivity index (χ1) is 10.5. The third-order valence-electron chi connectivity index (χ3n) is 3.82. The lowest BCUT2D eigenvalue weighted by molar-refractivity contribution is -0.140. The number of carbonyl (C=O) groups excluding carboxylic acids is 3. The van der Waals surface area contributed by atoms with E-state index >= 15 is 0 Å². The summed E-state index contributed by atoms with van der Waals surface area (Å²) in [5.74, 6) is -0.974.